The van der Waals surface area contributed by atoms with Crippen LogP contribution in [-0.2, 0) is 31.1 Å². The molecule has 5 heteroatoms. The van der Waals surface area contributed by atoms with Gasteiger partial charge in [-0.25, -0.2) is 0 Å². The highest BCUT2D eigenvalue weighted by Gasteiger charge is 2.30. The van der Waals surface area contributed by atoms with Crippen molar-refractivity contribution >= 4 is 5.91 Å². The number of rotatable bonds is 5. The Morgan fingerprint density at radius 3 is 2.57 bits per heavy atom. The van der Waals surface area contributed by atoms with Crippen LogP contribution in [-0.4, -0.2) is 45.8 Å². The maximum absolute atomic E-state index is 12.6. The molecule has 1 fully saturated rings. The van der Waals surface area contributed by atoms with Crippen molar-refractivity contribution in [2.45, 2.75) is 64.5 Å². The number of aryl methyl sites for hydroxylation is 2. The maximum atomic E-state index is 12.6. The Labute approximate surface area is 168 Å². The Bertz CT molecular complexity index is 831. The molecular formula is C23H32N4O. The summed E-state index contributed by atoms with van der Waals surface area (Å²) < 4.78 is 1.90. The van der Waals surface area contributed by atoms with Crippen molar-refractivity contribution in [1.82, 2.24) is 20.0 Å². The number of hydrogen-bond acceptors (Lipinski definition) is 3. The van der Waals surface area contributed by atoms with Gasteiger partial charge in [0.1, 0.15) is 0 Å². The molecular weight excluding hydrogens is 348 g/mol. The number of benzene rings is 1. The Balaban J connectivity index is 1.29. The minimum Gasteiger partial charge on any atom is -0.352 e. The molecule has 28 heavy (non-hydrogen) atoms. The molecule has 1 N–H and O–H groups in total. The molecule has 0 bridgehead atoms. The van der Waals surface area contributed by atoms with Gasteiger partial charge in [-0.05, 0) is 69.2 Å². The average Bonchev–Trinajstić information content (AvgIpc) is 3.22. The van der Waals surface area contributed by atoms with Crippen LogP contribution in [0.25, 0.3) is 0 Å². The molecule has 5 nitrogen and oxygen atoms in total. The summed E-state index contributed by atoms with van der Waals surface area (Å²) in [6, 6.07) is 9.69. The quantitative estimate of drug-likeness (QED) is 0.868. The van der Waals surface area contributed by atoms with Crippen LogP contribution < -0.4 is 5.32 Å². The molecule has 150 valence electrons. The molecule has 1 amide bonds. The predicted molar refractivity (Wildman–Crippen MR) is 111 cm³/mol. The van der Waals surface area contributed by atoms with Gasteiger partial charge in [-0.3, -0.25) is 14.4 Å². The summed E-state index contributed by atoms with van der Waals surface area (Å²) in [5, 5.41) is 7.76. The Kier molecular flexibility index (Phi) is 5.54. The van der Waals surface area contributed by atoms with E-state index in [0.717, 1.165) is 50.2 Å². The van der Waals surface area contributed by atoms with E-state index in [4.69, 9.17) is 0 Å². The van der Waals surface area contributed by atoms with E-state index in [1.165, 1.54) is 23.1 Å². The predicted octanol–water partition coefficient (Wildman–Crippen LogP) is 2.72. The number of nitrogens with one attached hydrogen (secondary N) is 1. The van der Waals surface area contributed by atoms with Crippen LogP contribution in [0.3, 0.4) is 0 Å². The normalized spacial score (nSPS) is 20.3. The molecule has 0 radical (unpaired) electrons. The smallest absolute Gasteiger partial charge is 0.220 e. The molecule has 1 aliphatic carbocycles. The van der Waals surface area contributed by atoms with Crippen molar-refractivity contribution < 1.29 is 4.79 Å². The fourth-order valence-corrected chi connectivity index (χ4v) is 4.97. The van der Waals surface area contributed by atoms with Gasteiger partial charge in [0, 0.05) is 37.8 Å². The Morgan fingerprint density at radius 2 is 1.93 bits per heavy atom. The molecule has 2 heterocycles. The van der Waals surface area contributed by atoms with E-state index in [9.17, 15) is 4.79 Å². The molecule has 1 aromatic heterocycles. The average molecular weight is 381 g/mol. The lowest BCUT2D eigenvalue weighted by molar-refractivity contribution is -0.122. The number of carbonyl (C=O) groups excluding carboxylic acids is 1. The van der Waals surface area contributed by atoms with E-state index in [1.54, 1.807) is 0 Å². The molecule has 2 aromatic rings. The summed E-state index contributed by atoms with van der Waals surface area (Å²) in [5.74, 6) is 0.171. The van der Waals surface area contributed by atoms with E-state index in [-0.39, 0.29) is 11.9 Å². The second-order valence-corrected chi connectivity index (χ2v) is 8.51. The number of nitrogens with zero attached hydrogens (tertiary/aromatic N) is 3. The zero-order valence-electron chi connectivity index (χ0n) is 17.4. The van der Waals surface area contributed by atoms with Crippen LogP contribution in [0.4, 0.5) is 0 Å². The number of aromatic nitrogens is 2. The molecule has 1 saturated heterocycles. The van der Waals surface area contributed by atoms with E-state index in [2.05, 4.69) is 46.5 Å². The summed E-state index contributed by atoms with van der Waals surface area (Å²) >= 11 is 0. The van der Waals surface area contributed by atoms with Crippen LogP contribution in [0.1, 0.15) is 47.3 Å². The molecule has 4 rings (SSSR count). The van der Waals surface area contributed by atoms with Gasteiger partial charge in [0.25, 0.3) is 0 Å². The highest BCUT2D eigenvalue weighted by molar-refractivity contribution is 5.76. The van der Waals surface area contributed by atoms with Crippen LogP contribution in [0, 0.1) is 13.8 Å². The second kappa shape index (κ2) is 8.08. The maximum Gasteiger partial charge on any atom is 0.220 e. The summed E-state index contributed by atoms with van der Waals surface area (Å²) in [5.41, 5.74) is 6.42. The first-order chi connectivity index (χ1) is 13.5. The van der Waals surface area contributed by atoms with Crippen LogP contribution in [0.2, 0.25) is 0 Å². The Hall–Kier alpha value is -2.14. The Morgan fingerprint density at radius 1 is 1.21 bits per heavy atom. The van der Waals surface area contributed by atoms with E-state index >= 15 is 0 Å². The number of likely N-dealkylation sites (tertiary alicyclic amines) is 1. The van der Waals surface area contributed by atoms with Gasteiger partial charge in [0.15, 0.2) is 0 Å². The van der Waals surface area contributed by atoms with Gasteiger partial charge >= 0.3 is 0 Å². The van der Waals surface area contributed by atoms with E-state index in [1.807, 2.05) is 18.7 Å². The van der Waals surface area contributed by atoms with Crippen LogP contribution >= 0.6 is 0 Å². The minimum atomic E-state index is 0.171. The van der Waals surface area contributed by atoms with Gasteiger partial charge in [0.2, 0.25) is 5.91 Å². The topological polar surface area (TPSA) is 50.2 Å². The van der Waals surface area contributed by atoms with Gasteiger partial charge in [-0.15, -0.1) is 0 Å². The highest BCUT2D eigenvalue weighted by Crippen LogP contribution is 2.27. The third-order valence-corrected chi connectivity index (χ3v) is 6.62. The summed E-state index contributed by atoms with van der Waals surface area (Å²) in [6.45, 7) is 6.24. The fraction of sp³-hybridized carbons (Fsp3) is 0.565. The lowest BCUT2D eigenvalue weighted by Gasteiger charge is -2.37. The first-order valence-electron chi connectivity index (χ1n) is 10.6. The van der Waals surface area contributed by atoms with E-state index < -0.39 is 0 Å². The van der Waals surface area contributed by atoms with Crippen molar-refractivity contribution in [3.63, 3.8) is 0 Å². The highest BCUT2D eigenvalue weighted by atomic mass is 16.1. The lowest BCUT2D eigenvalue weighted by atomic mass is 10.0. The molecule has 2 aliphatic rings. The number of carbonyl (C=O) groups is 1. The summed E-state index contributed by atoms with van der Waals surface area (Å²) in [7, 11) is 1.96. The molecule has 0 spiro atoms. The minimum absolute atomic E-state index is 0.171. The largest absolute Gasteiger partial charge is 0.352 e. The van der Waals surface area contributed by atoms with Gasteiger partial charge in [-0.1, -0.05) is 24.3 Å². The molecule has 1 aliphatic heterocycles. The molecule has 0 unspecified atom stereocenters. The van der Waals surface area contributed by atoms with E-state index in [0.29, 0.717) is 12.5 Å². The lowest BCUT2D eigenvalue weighted by Crippen LogP contribution is -2.51. The zero-order valence-corrected chi connectivity index (χ0v) is 17.4. The van der Waals surface area contributed by atoms with Crippen molar-refractivity contribution in [2.24, 2.45) is 7.05 Å². The van der Waals surface area contributed by atoms with Crippen LogP contribution in [0.15, 0.2) is 24.3 Å². The molecule has 0 saturated carbocycles. The second-order valence-electron chi connectivity index (χ2n) is 8.51. The van der Waals surface area contributed by atoms with Gasteiger partial charge in [0.05, 0.1) is 5.69 Å². The third-order valence-electron chi connectivity index (χ3n) is 6.62. The van der Waals surface area contributed by atoms with Crippen molar-refractivity contribution in [3.05, 3.63) is 52.3 Å². The van der Waals surface area contributed by atoms with Crippen molar-refractivity contribution in [2.75, 3.05) is 13.1 Å². The van der Waals surface area contributed by atoms with Gasteiger partial charge in [-0.2, -0.15) is 5.10 Å². The van der Waals surface area contributed by atoms with Gasteiger partial charge < -0.3 is 5.32 Å². The third kappa shape index (κ3) is 4.00. The fourth-order valence-electron chi connectivity index (χ4n) is 4.97. The number of piperidine rings is 1. The van der Waals surface area contributed by atoms with Crippen LogP contribution in [0.5, 0.6) is 0 Å². The first-order valence-corrected chi connectivity index (χ1v) is 10.6. The number of fused-ring (bicyclic) bond motifs is 1. The molecule has 1 atom stereocenters. The molecule has 1 aromatic carbocycles. The zero-order chi connectivity index (χ0) is 19.7. The number of hydrogen-bond donors (Lipinski definition) is 1. The first kappa shape index (κ1) is 19.2. The van der Waals surface area contributed by atoms with Crippen molar-refractivity contribution in [3.8, 4) is 0 Å². The summed E-state index contributed by atoms with van der Waals surface area (Å²) in [6.07, 6.45) is 5.86. The standard InChI is InChI=1S/C23H32N4O/c1-16-22(17(2)26(3)25-16)10-11-23(28)24-20-9-6-12-27(15-20)21-13-18-7-4-5-8-19(18)14-21/h4-5,7-8,20-21H,6,9-15H2,1-3H3,(H,24,28)/t20-/m1/s1. The number of amides is 1. The summed E-state index contributed by atoms with van der Waals surface area (Å²) in [4.78, 5) is 15.2. The SMILES string of the molecule is Cc1nn(C)c(C)c1CCC(=O)N[C@@H]1CCCN(C2Cc3ccccc3C2)C1. The van der Waals surface area contributed by atoms with Crippen molar-refractivity contribution in [1.29, 1.82) is 0 Å². The monoisotopic (exact) mass is 380 g/mol.